The predicted octanol–water partition coefficient (Wildman–Crippen LogP) is 1.43. The molecular formula is C17H25NO5S. The highest BCUT2D eigenvalue weighted by Crippen LogP contribution is 2.19. The highest BCUT2D eigenvalue weighted by molar-refractivity contribution is 7.91. The van der Waals surface area contributed by atoms with Gasteiger partial charge >= 0.3 is 0 Å². The number of nitrogens with zero attached hydrogens (tertiary/aromatic N) is 1. The van der Waals surface area contributed by atoms with Crippen LogP contribution in [0.25, 0.3) is 0 Å². The smallest absolute Gasteiger partial charge is 0.226 e. The van der Waals surface area contributed by atoms with E-state index in [0.717, 1.165) is 11.3 Å². The molecule has 7 heteroatoms. The van der Waals surface area contributed by atoms with E-state index in [4.69, 9.17) is 9.47 Å². The molecule has 24 heavy (non-hydrogen) atoms. The van der Waals surface area contributed by atoms with Crippen molar-refractivity contribution in [3.8, 4) is 5.75 Å². The maximum atomic E-state index is 12.5. The lowest BCUT2D eigenvalue weighted by molar-refractivity contribution is -0.134. The Labute approximate surface area is 143 Å². The molecule has 0 aliphatic carbocycles. The number of hydrogen-bond donors (Lipinski definition) is 0. The van der Waals surface area contributed by atoms with Crippen molar-refractivity contribution in [1.29, 1.82) is 0 Å². The summed E-state index contributed by atoms with van der Waals surface area (Å²) >= 11 is 0. The van der Waals surface area contributed by atoms with Crippen LogP contribution in [0, 0.1) is 6.92 Å². The van der Waals surface area contributed by atoms with Crippen molar-refractivity contribution in [2.24, 2.45) is 0 Å². The summed E-state index contributed by atoms with van der Waals surface area (Å²) in [6.45, 7) is 3.04. The van der Waals surface area contributed by atoms with Crippen molar-refractivity contribution in [3.05, 3.63) is 29.8 Å². The molecule has 6 nitrogen and oxygen atoms in total. The van der Waals surface area contributed by atoms with Gasteiger partial charge in [0.05, 0.1) is 31.1 Å². The van der Waals surface area contributed by atoms with Crippen molar-refractivity contribution >= 4 is 15.7 Å². The van der Waals surface area contributed by atoms with E-state index in [2.05, 4.69) is 0 Å². The summed E-state index contributed by atoms with van der Waals surface area (Å²) < 4.78 is 34.0. The molecule has 1 saturated heterocycles. The standard InChI is InChI=1S/C17H25NO5S/c1-14-4-3-5-16(12-14)23-9-6-17(19)18(8-10-22-2)15-7-11-24(20,21)13-15/h3-5,12,15H,6-11,13H2,1-2H3. The fourth-order valence-corrected chi connectivity index (χ4v) is 4.56. The van der Waals surface area contributed by atoms with Crippen molar-refractivity contribution in [2.75, 3.05) is 38.4 Å². The Balaban J connectivity index is 1.90. The van der Waals surface area contributed by atoms with Gasteiger partial charge in [-0.05, 0) is 31.0 Å². The van der Waals surface area contributed by atoms with Gasteiger partial charge in [0.15, 0.2) is 9.84 Å². The molecule has 1 heterocycles. The average molecular weight is 355 g/mol. The van der Waals surface area contributed by atoms with Crippen LogP contribution in [0.3, 0.4) is 0 Å². The lowest BCUT2D eigenvalue weighted by Crippen LogP contribution is -2.43. The first kappa shape index (κ1) is 18.7. The number of rotatable bonds is 8. The normalized spacial score (nSPS) is 19.2. The highest BCUT2D eigenvalue weighted by Gasteiger charge is 2.34. The third kappa shape index (κ3) is 5.49. The number of benzene rings is 1. The van der Waals surface area contributed by atoms with Gasteiger partial charge < -0.3 is 14.4 Å². The summed E-state index contributed by atoms with van der Waals surface area (Å²) in [5.41, 5.74) is 1.09. The Morgan fingerprint density at radius 3 is 2.75 bits per heavy atom. The molecule has 1 atom stereocenters. The van der Waals surface area contributed by atoms with E-state index in [0.29, 0.717) is 19.6 Å². The van der Waals surface area contributed by atoms with Gasteiger partial charge in [-0.3, -0.25) is 4.79 Å². The van der Waals surface area contributed by atoms with Crippen LogP contribution in [-0.2, 0) is 19.4 Å². The first-order valence-corrected chi connectivity index (χ1v) is 9.92. The predicted molar refractivity (Wildman–Crippen MR) is 91.9 cm³/mol. The Morgan fingerprint density at radius 1 is 1.33 bits per heavy atom. The molecule has 134 valence electrons. The van der Waals surface area contributed by atoms with E-state index in [1.807, 2.05) is 31.2 Å². The molecule has 0 saturated carbocycles. The minimum atomic E-state index is -3.03. The number of hydrogen-bond acceptors (Lipinski definition) is 5. The van der Waals surface area contributed by atoms with Gasteiger partial charge in [-0.15, -0.1) is 0 Å². The van der Waals surface area contributed by atoms with Crippen LogP contribution in [0.1, 0.15) is 18.4 Å². The highest BCUT2D eigenvalue weighted by atomic mass is 32.2. The molecule has 1 aromatic carbocycles. The molecule has 0 radical (unpaired) electrons. The molecule has 1 fully saturated rings. The Kier molecular flexibility index (Phi) is 6.62. The number of aryl methyl sites for hydroxylation is 1. The maximum absolute atomic E-state index is 12.5. The van der Waals surface area contributed by atoms with Crippen molar-refractivity contribution < 1.29 is 22.7 Å². The zero-order valence-corrected chi connectivity index (χ0v) is 15.0. The largest absolute Gasteiger partial charge is 0.493 e. The Bertz CT molecular complexity index is 659. The summed E-state index contributed by atoms with van der Waals surface area (Å²) in [7, 11) is -1.47. The van der Waals surface area contributed by atoms with E-state index >= 15 is 0 Å². The van der Waals surface area contributed by atoms with Crippen molar-refractivity contribution in [3.63, 3.8) is 0 Å². The third-order valence-corrected chi connectivity index (χ3v) is 5.83. The van der Waals surface area contributed by atoms with Gasteiger partial charge in [-0.1, -0.05) is 12.1 Å². The van der Waals surface area contributed by atoms with E-state index in [1.165, 1.54) is 0 Å². The van der Waals surface area contributed by atoms with Gasteiger partial charge in [0.2, 0.25) is 5.91 Å². The zero-order valence-electron chi connectivity index (χ0n) is 14.2. The first-order valence-electron chi connectivity index (χ1n) is 8.09. The van der Waals surface area contributed by atoms with E-state index < -0.39 is 9.84 Å². The quantitative estimate of drug-likeness (QED) is 0.705. The molecule has 1 unspecified atom stereocenters. The fraction of sp³-hybridized carbons (Fsp3) is 0.588. The summed E-state index contributed by atoms with van der Waals surface area (Å²) in [4.78, 5) is 14.1. The first-order chi connectivity index (χ1) is 11.4. The molecule has 2 rings (SSSR count). The molecule has 0 spiro atoms. The molecule has 1 aliphatic rings. The van der Waals surface area contributed by atoms with Gasteiger partial charge in [0.1, 0.15) is 5.75 Å². The third-order valence-electron chi connectivity index (χ3n) is 4.08. The number of carbonyl (C=O) groups excluding carboxylic acids is 1. The molecule has 1 amide bonds. The SMILES string of the molecule is COCCN(C(=O)CCOc1cccc(C)c1)C1CCS(=O)(=O)C1. The topological polar surface area (TPSA) is 72.9 Å². The van der Waals surface area contributed by atoms with Crippen LogP contribution in [0.5, 0.6) is 5.75 Å². The van der Waals surface area contributed by atoms with E-state index in [9.17, 15) is 13.2 Å². The summed E-state index contributed by atoms with van der Waals surface area (Å²) in [6.07, 6.45) is 0.713. The number of methoxy groups -OCH3 is 1. The summed E-state index contributed by atoms with van der Waals surface area (Å²) in [5.74, 6) is 0.826. The van der Waals surface area contributed by atoms with Crippen LogP contribution in [0.4, 0.5) is 0 Å². The van der Waals surface area contributed by atoms with Crippen LogP contribution < -0.4 is 4.74 Å². The van der Waals surface area contributed by atoms with Crippen LogP contribution >= 0.6 is 0 Å². The van der Waals surface area contributed by atoms with E-state index in [-0.39, 0.29) is 36.5 Å². The number of ether oxygens (including phenoxy) is 2. The van der Waals surface area contributed by atoms with Crippen LogP contribution in [0.2, 0.25) is 0 Å². The van der Waals surface area contributed by atoms with Gasteiger partial charge in [-0.2, -0.15) is 0 Å². The summed E-state index contributed by atoms with van der Waals surface area (Å²) in [5, 5.41) is 0. The number of amides is 1. The number of sulfone groups is 1. The van der Waals surface area contributed by atoms with Gasteiger partial charge in [0.25, 0.3) is 0 Å². The molecule has 1 aliphatic heterocycles. The molecular weight excluding hydrogens is 330 g/mol. The Morgan fingerprint density at radius 2 is 2.12 bits per heavy atom. The molecule has 0 bridgehead atoms. The number of carbonyl (C=O) groups is 1. The van der Waals surface area contributed by atoms with Crippen LogP contribution in [-0.4, -0.2) is 63.6 Å². The monoisotopic (exact) mass is 355 g/mol. The van der Waals surface area contributed by atoms with Crippen molar-refractivity contribution in [2.45, 2.75) is 25.8 Å². The molecule has 0 N–H and O–H groups in total. The molecule has 1 aromatic rings. The minimum Gasteiger partial charge on any atom is -0.493 e. The minimum absolute atomic E-state index is 0.0428. The van der Waals surface area contributed by atoms with E-state index in [1.54, 1.807) is 12.0 Å². The van der Waals surface area contributed by atoms with Crippen molar-refractivity contribution in [1.82, 2.24) is 4.90 Å². The van der Waals surface area contributed by atoms with Gasteiger partial charge in [-0.25, -0.2) is 8.42 Å². The lowest BCUT2D eigenvalue weighted by Gasteiger charge is -2.28. The summed E-state index contributed by atoms with van der Waals surface area (Å²) in [6, 6.07) is 7.39. The Hall–Kier alpha value is -1.60. The second kappa shape index (κ2) is 8.48. The van der Waals surface area contributed by atoms with Gasteiger partial charge in [0, 0.05) is 19.7 Å². The van der Waals surface area contributed by atoms with Crippen LogP contribution in [0.15, 0.2) is 24.3 Å². The lowest BCUT2D eigenvalue weighted by atomic mass is 10.2. The zero-order chi connectivity index (χ0) is 17.6. The maximum Gasteiger partial charge on any atom is 0.226 e. The average Bonchev–Trinajstić information content (AvgIpc) is 2.88. The second-order valence-corrected chi connectivity index (χ2v) is 8.28. The fourth-order valence-electron chi connectivity index (χ4n) is 2.83. The second-order valence-electron chi connectivity index (χ2n) is 6.05. The molecule has 0 aromatic heterocycles.